The number of amides is 1. The number of hydrogen-bond acceptors (Lipinski definition) is 3. The van der Waals surface area contributed by atoms with Crippen molar-refractivity contribution in [3.8, 4) is 5.75 Å². The Bertz CT molecular complexity index is 409. The van der Waals surface area contributed by atoms with Gasteiger partial charge in [-0.1, -0.05) is 6.07 Å². The standard InChI is InChI=1S/C13H18FNO3/c1-3-18-13(17)15(2)8-4-5-10-6-7-11(14)12(16)9-10/h6-7,9,16H,3-5,8H2,1-2H3. The summed E-state index contributed by atoms with van der Waals surface area (Å²) in [7, 11) is 1.67. The largest absolute Gasteiger partial charge is 0.505 e. The Balaban J connectivity index is 2.37. The summed E-state index contributed by atoms with van der Waals surface area (Å²) in [4.78, 5) is 12.8. The average molecular weight is 255 g/mol. The molecule has 0 atom stereocenters. The molecule has 0 saturated heterocycles. The molecule has 0 saturated carbocycles. The van der Waals surface area contributed by atoms with Crippen LogP contribution in [0, 0.1) is 5.82 Å². The highest BCUT2D eigenvalue weighted by Crippen LogP contribution is 2.17. The number of aromatic hydroxyl groups is 1. The highest BCUT2D eigenvalue weighted by atomic mass is 19.1. The van der Waals surface area contributed by atoms with Crippen LogP contribution in [-0.2, 0) is 11.2 Å². The molecule has 0 unspecified atom stereocenters. The second-order valence-corrected chi connectivity index (χ2v) is 4.01. The molecule has 0 aliphatic carbocycles. The maximum Gasteiger partial charge on any atom is 0.409 e. The number of carbonyl (C=O) groups is 1. The summed E-state index contributed by atoms with van der Waals surface area (Å²) in [5.74, 6) is -0.964. The van der Waals surface area contributed by atoms with Gasteiger partial charge in [-0.25, -0.2) is 9.18 Å². The number of nitrogens with zero attached hydrogens (tertiary/aromatic N) is 1. The summed E-state index contributed by atoms with van der Waals surface area (Å²) in [5, 5.41) is 9.21. The van der Waals surface area contributed by atoms with Crippen LogP contribution in [0.5, 0.6) is 5.75 Å². The van der Waals surface area contributed by atoms with E-state index in [9.17, 15) is 14.3 Å². The van der Waals surface area contributed by atoms with E-state index in [4.69, 9.17) is 4.74 Å². The third-order valence-electron chi connectivity index (χ3n) is 2.55. The fraction of sp³-hybridized carbons (Fsp3) is 0.462. The zero-order valence-corrected chi connectivity index (χ0v) is 10.6. The molecular formula is C13H18FNO3. The second-order valence-electron chi connectivity index (χ2n) is 4.01. The summed E-state index contributed by atoms with van der Waals surface area (Å²) in [6.45, 7) is 2.67. The van der Waals surface area contributed by atoms with Crippen molar-refractivity contribution >= 4 is 6.09 Å². The monoisotopic (exact) mass is 255 g/mol. The minimum absolute atomic E-state index is 0.341. The van der Waals surface area contributed by atoms with E-state index in [0.29, 0.717) is 19.6 Å². The van der Waals surface area contributed by atoms with Gasteiger partial charge >= 0.3 is 6.09 Å². The average Bonchev–Trinajstić information content (AvgIpc) is 2.34. The lowest BCUT2D eigenvalue weighted by molar-refractivity contribution is 0.116. The molecule has 1 aromatic carbocycles. The van der Waals surface area contributed by atoms with Crippen molar-refractivity contribution in [1.82, 2.24) is 4.90 Å². The molecule has 0 bridgehead atoms. The predicted molar refractivity (Wildman–Crippen MR) is 66.0 cm³/mol. The van der Waals surface area contributed by atoms with Gasteiger partial charge in [0.05, 0.1) is 6.61 Å². The Morgan fingerprint density at radius 1 is 1.50 bits per heavy atom. The number of benzene rings is 1. The third kappa shape index (κ3) is 4.24. The minimum atomic E-state index is -0.623. The van der Waals surface area contributed by atoms with Gasteiger partial charge in [-0.15, -0.1) is 0 Å². The van der Waals surface area contributed by atoms with Crippen molar-refractivity contribution in [3.63, 3.8) is 0 Å². The molecule has 1 rings (SSSR count). The number of phenolic OH excluding ortho intramolecular Hbond substituents is 1. The van der Waals surface area contributed by atoms with Gasteiger partial charge in [0.25, 0.3) is 0 Å². The Hall–Kier alpha value is -1.78. The first-order chi connectivity index (χ1) is 8.54. The molecule has 18 heavy (non-hydrogen) atoms. The summed E-state index contributed by atoms with van der Waals surface area (Å²) in [5.41, 5.74) is 0.839. The number of hydrogen-bond donors (Lipinski definition) is 1. The lowest BCUT2D eigenvalue weighted by Gasteiger charge is -2.16. The molecule has 0 spiro atoms. The number of rotatable bonds is 5. The number of carbonyl (C=O) groups excluding carboxylic acids is 1. The van der Waals surface area contributed by atoms with Crippen LogP contribution < -0.4 is 0 Å². The van der Waals surface area contributed by atoms with Crippen LogP contribution in [0.4, 0.5) is 9.18 Å². The van der Waals surface area contributed by atoms with Crippen molar-refractivity contribution in [2.75, 3.05) is 20.2 Å². The van der Waals surface area contributed by atoms with Gasteiger partial charge in [0.1, 0.15) is 0 Å². The molecule has 0 aromatic heterocycles. The number of phenols is 1. The van der Waals surface area contributed by atoms with Crippen molar-refractivity contribution < 1.29 is 19.0 Å². The number of aryl methyl sites for hydroxylation is 1. The molecule has 5 heteroatoms. The second kappa shape index (κ2) is 6.83. The van der Waals surface area contributed by atoms with Crippen LogP contribution in [0.2, 0.25) is 0 Å². The molecule has 0 aliphatic heterocycles. The summed E-state index contributed by atoms with van der Waals surface area (Å²) in [6, 6.07) is 4.26. The van der Waals surface area contributed by atoms with E-state index in [1.54, 1.807) is 20.0 Å². The third-order valence-corrected chi connectivity index (χ3v) is 2.55. The summed E-state index contributed by atoms with van der Waals surface area (Å²) < 4.78 is 17.7. The van der Waals surface area contributed by atoms with E-state index in [1.807, 2.05) is 0 Å². The van der Waals surface area contributed by atoms with E-state index in [-0.39, 0.29) is 11.8 Å². The molecule has 0 fully saturated rings. The fourth-order valence-corrected chi connectivity index (χ4v) is 1.56. The van der Waals surface area contributed by atoms with E-state index in [0.717, 1.165) is 12.0 Å². The Kier molecular flexibility index (Phi) is 5.42. The van der Waals surface area contributed by atoms with Crippen LogP contribution in [-0.4, -0.2) is 36.3 Å². The van der Waals surface area contributed by atoms with Crippen LogP contribution >= 0.6 is 0 Å². The van der Waals surface area contributed by atoms with Crippen molar-refractivity contribution in [3.05, 3.63) is 29.6 Å². The first-order valence-corrected chi connectivity index (χ1v) is 5.90. The highest BCUT2D eigenvalue weighted by Gasteiger charge is 2.08. The Labute approximate surface area is 106 Å². The fourth-order valence-electron chi connectivity index (χ4n) is 1.56. The molecule has 4 nitrogen and oxygen atoms in total. The van der Waals surface area contributed by atoms with Gasteiger partial charge in [-0.2, -0.15) is 0 Å². The highest BCUT2D eigenvalue weighted by molar-refractivity contribution is 5.67. The Morgan fingerprint density at radius 2 is 2.22 bits per heavy atom. The van der Waals surface area contributed by atoms with E-state index in [1.165, 1.54) is 17.0 Å². The number of ether oxygens (including phenoxy) is 1. The van der Waals surface area contributed by atoms with Crippen molar-refractivity contribution in [2.45, 2.75) is 19.8 Å². The lowest BCUT2D eigenvalue weighted by Crippen LogP contribution is -2.28. The Morgan fingerprint density at radius 3 is 2.83 bits per heavy atom. The lowest BCUT2D eigenvalue weighted by atomic mass is 10.1. The molecule has 0 aliphatic rings. The normalized spacial score (nSPS) is 10.2. The molecule has 100 valence electrons. The van der Waals surface area contributed by atoms with Crippen molar-refractivity contribution in [2.24, 2.45) is 0 Å². The molecule has 0 radical (unpaired) electrons. The van der Waals surface area contributed by atoms with Crippen LogP contribution in [0.25, 0.3) is 0 Å². The van der Waals surface area contributed by atoms with Gasteiger partial charge in [-0.3, -0.25) is 0 Å². The SMILES string of the molecule is CCOC(=O)N(C)CCCc1ccc(F)c(O)c1. The van der Waals surface area contributed by atoms with Crippen LogP contribution in [0.15, 0.2) is 18.2 Å². The quantitative estimate of drug-likeness (QED) is 0.879. The molecule has 0 heterocycles. The zero-order chi connectivity index (χ0) is 13.5. The number of halogens is 1. The summed E-state index contributed by atoms with van der Waals surface area (Å²) in [6.07, 6.45) is 1.04. The predicted octanol–water partition coefficient (Wildman–Crippen LogP) is 2.55. The van der Waals surface area contributed by atoms with Gasteiger partial charge in [0.15, 0.2) is 11.6 Å². The van der Waals surface area contributed by atoms with Gasteiger partial charge in [-0.05, 0) is 37.5 Å². The molecule has 1 amide bonds. The molecular weight excluding hydrogens is 237 g/mol. The smallest absolute Gasteiger partial charge is 0.409 e. The van der Waals surface area contributed by atoms with E-state index >= 15 is 0 Å². The minimum Gasteiger partial charge on any atom is -0.505 e. The van der Waals surface area contributed by atoms with Gasteiger partial charge in [0.2, 0.25) is 0 Å². The van der Waals surface area contributed by atoms with E-state index in [2.05, 4.69) is 0 Å². The van der Waals surface area contributed by atoms with E-state index < -0.39 is 5.82 Å². The maximum atomic E-state index is 12.8. The van der Waals surface area contributed by atoms with Crippen LogP contribution in [0.3, 0.4) is 0 Å². The topological polar surface area (TPSA) is 49.8 Å². The maximum absolute atomic E-state index is 12.8. The first kappa shape index (κ1) is 14.3. The summed E-state index contributed by atoms with van der Waals surface area (Å²) >= 11 is 0. The van der Waals surface area contributed by atoms with Crippen LogP contribution in [0.1, 0.15) is 18.9 Å². The van der Waals surface area contributed by atoms with Crippen molar-refractivity contribution in [1.29, 1.82) is 0 Å². The molecule has 1 N–H and O–H groups in total. The first-order valence-electron chi connectivity index (χ1n) is 5.90. The molecule has 1 aromatic rings. The zero-order valence-electron chi connectivity index (χ0n) is 10.6. The van der Waals surface area contributed by atoms with Gasteiger partial charge < -0.3 is 14.7 Å². The van der Waals surface area contributed by atoms with Gasteiger partial charge in [0, 0.05) is 13.6 Å².